The number of rotatable bonds is 6. The first-order valence-electron chi connectivity index (χ1n) is 7.41. The van der Waals surface area contributed by atoms with Crippen molar-refractivity contribution in [1.29, 1.82) is 0 Å². The molecule has 0 unspecified atom stereocenters. The van der Waals surface area contributed by atoms with Crippen molar-refractivity contribution in [2.45, 2.75) is 19.4 Å². The van der Waals surface area contributed by atoms with E-state index in [1.54, 1.807) is 6.08 Å². The largest absolute Gasteiger partial charge is 0.381 e. The number of hydrogen-bond acceptors (Lipinski definition) is 6. The zero-order valence-electron chi connectivity index (χ0n) is 12.7. The summed E-state index contributed by atoms with van der Waals surface area (Å²) in [6.07, 6.45) is 4.17. The second-order valence-electron chi connectivity index (χ2n) is 5.18. The number of carbonyl (C=O) groups excluding carboxylic acids is 2. The van der Waals surface area contributed by atoms with E-state index >= 15 is 0 Å². The topological polar surface area (TPSA) is 96.9 Å². The molecule has 124 valence electrons. The fourth-order valence-corrected chi connectivity index (χ4v) is 2.22. The molecule has 0 bridgehead atoms. The van der Waals surface area contributed by atoms with E-state index in [2.05, 4.69) is 5.48 Å². The van der Waals surface area contributed by atoms with Crippen LogP contribution in [0.2, 0.25) is 0 Å². The number of amides is 1. The van der Waals surface area contributed by atoms with Crippen molar-refractivity contribution in [2.24, 2.45) is 5.92 Å². The summed E-state index contributed by atoms with van der Waals surface area (Å²) in [6, 6.07) is 7.36. The number of ether oxygens (including phenoxy) is 1. The Morgan fingerprint density at radius 1 is 1.35 bits per heavy atom. The number of hydroxylamine groups is 2. The Morgan fingerprint density at radius 3 is 2.87 bits per heavy atom. The molecule has 1 aromatic rings. The second-order valence-corrected chi connectivity index (χ2v) is 5.18. The van der Waals surface area contributed by atoms with Crippen molar-refractivity contribution in [3.8, 4) is 0 Å². The van der Waals surface area contributed by atoms with Crippen LogP contribution in [-0.4, -0.2) is 30.3 Å². The zero-order valence-corrected chi connectivity index (χ0v) is 12.7. The van der Waals surface area contributed by atoms with E-state index in [-0.39, 0.29) is 11.9 Å². The maximum atomic E-state index is 11.8. The molecule has 1 aromatic carbocycles. The minimum atomic E-state index is -0.598. The van der Waals surface area contributed by atoms with Gasteiger partial charge >= 0.3 is 5.97 Å². The van der Waals surface area contributed by atoms with Gasteiger partial charge < -0.3 is 9.57 Å². The molecule has 1 heterocycles. The highest BCUT2D eigenvalue weighted by atomic mass is 16.7. The van der Waals surface area contributed by atoms with Gasteiger partial charge in [-0.15, -0.1) is 5.48 Å². The average molecular weight is 320 g/mol. The van der Waals surface area contributed by atoms with Crippen LogP contribution >= 0.6 is 0 Å². The van der Waals surface area contributed by atoms with Gasteiger partial charge in [-0.1, -0.05) is 24.3 Å². The third-order valence-electron chi connectivity index (χ3n) is 3.49. The summed E-state index contributed by atoms with van der Waals surface area (Å²) < 4.78 is 5.21. The molecule has 1 aliphatic rings. The standard InChI is InChI=1S/C16H20N2O5/c19-15(18-21)5-4-12-2-1-3-13(10-12)11-17-23-16(20)14-6-8-22-9-7-14/h1-5,10,14,17,21H,6-9,11H2,(H,18,19). The maximum Gasteiger partial charge on any atom is 0.327 e. The lowest BCUT2D eigenvalue weighted by atomic mass is 10.0. The van der Waals surface area contributed by atoms with Crippen molar-refractivity contribution in [2.75, 3.05) is 13.2 Å². The third kappa shape index (κ3) is 5.82. The predicted octanol–water partition coefficient (Wildman–Crippen LogP) is 1.18. The first-order chi connectivity index (χ1) is 11.2. The summed E-state index contributed by atoms with van der Waals surface area (Å²) in [6.45, 7) is 1.55. The van der Waals surface area contributed by atoms with E-state index in [0.717, 1.165) is 11.1 Å². The first-order valence-corrected chi connectivity index (χ1v) is 7.41. The summed E-state index contributed by atoms with van der Waals surface area (Å²) in [5.74, 6) is -0.967. The molecule has 3 N–H and O–H groups in total. The molecule has 7 nitrogen and oxygen atoms in total. The molecular weight excluding hydrogens is 300 g/mol. The van der Waals surface area contributed by atoms with E-state index < -0.39 is 5.91 Å². The lowest BCUT2D eigenvalue weighted by Crippen LogP contribution is -2.29. The van der Waals surface area contributed by atoms with Crippen molar-refractivity contribution < 1.29 is 24.4 Å². The van der Waals surface area contributed by atoms with Crippen molar-refractivity contribution in [1.82, 2.24) is 11.0 Å². The van der Waals surface area contributed by atoms with Crippen molar-refractivity contribution in [3.63, 3.8) is 0 Å². The predicted molar refractivity (Wildman–Crippen MR) is 81.9 cm³/mol. The minimum Gasteiger partial charge on any atom is -0.381 e. The van der Waals surface area contributed by atoms with Crippen LogP contribution in [-0.2, 0) is 25.7 Å². The van der Waals surface area contributed by atoms with Gasteiger partial charge in [0.15, 0.2) is 0 Å². The first kappa shape index (κ1) is 17.1. The molecule has 1 amide bonds. The number of carbonyl (C=O) groups is 2. The molecule has 2 rings (SSSR count). The summed E-state index contributed by atoms with van der Waals surface area (Å²) >= 11 is 0. The summed E-state index contributed by atoms with van der Waals surface area (Å²) in [4.78, 5) is 27.9. The van der Waals surface area contributed by atoms with E-state index in [0.29, 0.717) is 32.6 Å². The molecule has 0 spiro atoms. The van der Waals surface area contributed by atoms with Crippen LogP contribution in [0.15, 0.2) is 30.3 Å². The monoisotopic (exact) mass is 320 g/mol. The molecule has 0 atom stereocenters. The van der Waals surface area contributed by atoms with Crippen LogP contribution in [0.5, 0.6) is 0 Å². The summed E-state index contributed by atoms with van der Waals surface area (Å²) in [5, 5.41) is 8.43. The van der Waals surface area contributed by atoms with Crippen LogP contribution in [0.4, 0.5) is 0 Å². The summed E-state index contributed by atoms with van der Waals surface area (Å²) in [5.41, 5.74) is 5.89. The molecule has 1 fully saturated rings. The van der Waals surface area contributed by atoms with Crippen LogP contribution in [0.3, 0.4) is 0 Å². The lowest BCUT2D eigenvalue weighted by molar-refractivity contribution is -0.159. The van der Waals surface area contributed by atoms with Crippen LogP contribution in [0.1, 0.15) is 24.0 Å². The van der Waals surface area contributed by atoms with Crippen molar-refractivity contribution >= 4 is 18.0 Å². The number of benzene rings is 1. The molecule has 0 radical (unpaired) electrons. The van der Waals surface area contributed by atoms with E-state index in [4.69, 9.17) is 14.8 Å². The van der Waals surface area contributed by atoms with Gasteiger partial charge in [-0.05, 0) is 30.0 Å². The molecule has 0 saturated carbocycles. The Balaban J connectivity index is 1.80. The smallest absolute Gasteiger partial charge is 0.327 e. The normalized spacial score (nSPS) is 15.5. The van der Waals surface area contributed by atoms with E-state index in [1.807, 2.05) is 24.3 Å². The molecule has 23 heavy (non-hydrogen) atoms. The fourth-order valence-electron chi connectivity index (χ4n) is 2.22. The second kappa shape index (κ2) is 9.04. The van der Waals surface area contributed by atoms with Crippen LogP contribution in [0.25, 0.3) is 6.08 Å². The van der Waals surface area contributed by atoms with Gasteiger partial charge in [0.05, 0.1) is 12.5 Å². The van der Waals surface area contributed by atoms with Gasteiger partial charge in [0.1, 0.15) is 0 Å². The number of hydrogen-bond donors (Lipinski definition) is 3. The maximum absolute atomic E-state index is 11.8. The van der Waals surface area contributed by atoms with Crippen LogP contribution in [0, 0.1) is 5.92 Å². The molecule has 1 saturated heterocycles. The Morgan fingerprint density at radius 2 is 2.13 bits per heavy atom. The van der Waals surface area contributed by atoms with Gasteiger partial charge in [-0.25, -0.2) is 5.48 Å². The average Bonchev–Trinajstić information content (AvgIpc) is 2.60. The van der Waals surface area contributed by atoms with Crippen molar-refractivity contribution in [3.05, 3.63) is 41.5 Å². The fraction of sp³-hybridized carbons (Fsp3) is 0.375. The highest BCUT2D eigenvalue weighted by Crippen LogP contribution is 2.15. The minimum absolute atomic E-state index is 0.109. The molecule has 0 aliphatic carbocycles. The lowest BCUT2D eigenvalue weighted by Gasteiger charge is -2.20. The number of nitrogens with one attached hydrogen (secondary N) is 2. The van der Waals surface area contributed by atoms with Gasteiger partial charge in [0.2, 0.25) is 0 Å². The Kier molecular flexibility index (Phi) is 6.74. The van der Waals surface area contributed by atoms with E-state index in [1.165, 1.54) is 11.6 Å². The van der Waals surface area contributed by atoms with Gasteiger partial charge in [0.25, 0.3) is 5.91 Å². The molecule has 7 heteroatoms. The Labute approximate surface area is 134 Å². The SMILES string of the molecule is O=C(C=Cc1cccc(CNOC(=O)C2CCOCC2)c1)NO. The van der Waals surface area contributed by atoms with E-state index in [9.17, 15) is 9.59 Å². The van der Waals surface area contributed by atoms with Gasteiger partial charge in [-0.2, -0.15) is 0 Å². The van der Waals surface area contributed by atoms with Gasteiger partial charge in [-0.3, -0.25) is 14.8 Å². The summed E-state index contributed by atoms with van der Waals surface area (Å²) in [7, 11) is 0. The highest BCUT2D eigenvalue weighted by molar-refractivity contribution is 5.90. The van der Waals surface area contributed by atoms with Crippen LogP contribution < -0.4 is 11.0 Å². The Bertz CT molecular complexity index is 567. The third-order valence-corrected chi connectivity index (χ3v) is 3.49. The highest BCUT2D eigenvalue weighted by Gasteiger charge is 2.23. The quantitative estimate of drug-likeness (QED) is 0.414. The molecular formula is C16H20N2O5. The molecule has 1 aliphatic heterocycles. The van der Waals surface area contributed by atoms with Gasteiger partial charge in [0, 0.05) is 19.3 Å². The Hall–Kier alpha value is -2.22. The molecule has 0 aromatic heterocycles. The zero-order chi connectivity index (χ0) is 16.5.